The maximum atomic E-state index is 12.5. The summed E-state index contributed by atoms with van der Waals surface area (Å²) in [6.45, 7) is 1.46. The molecule has 1 N–H and O–H groups in total. The number of nitrogens with one attached hydrogen (secondary N) is 1. The van der Waals surface area contributed by atoms with Crippen molar-refractivity contribution in [2.75, 3.05) is 49.7 Å². The zero-order valence-corrected chi connectivity index (χ0v) is 17.9. The lowest BCUT2D eigenvalue weighted by Gasteiger charge is -2.28. The van der Waals surface area contributed by atoms with E-state index < -0.39 is 47.5 Å². The summed E-state index contributed by atoms with van der Waals surface area (Å²) in [5.41, 5.74) is 0.444. The van der Waals surface area contributed by atoms with E-state index in [0.29, 0.717) is 23.8 Å². The number of anilines is 2. The summed E-state index contributed by atoms with van der Waals surface area (Å²) in [5, 5.41) is 13.7. The van der Waals surface area contributed by atoms with Crippen molar-refractivity contribution in [3.63, 3.8) is 0 Å². The standard InChI is InChI=1S/C22H20N4O8/c27-18(23-14-4-6-15(7-5-14)24-8-10-33-11-9-24)13-34-19(28)12-25-21(29)16-2-1-3-17(26(31)32)20(16)22(25)30/h1-7H,8-13H2,(H,23,27). The normalized spacial score (nSPS) is 15.2. The minimum absolute atomic E-state index is 0.162. The van der Waals surface area contributed by atoms with Crippen LogP contribution in [0.1, 0.15) is 20.7 Å². The molecule has 3 amide bonds. The van der Waals surface area contributed by atoms with Gasteiger partial charge in [-0.1, -0.05) is 6.07 Å². The second-order valence-corrected chi connectivity index (χ2v) is 7.51. The van der Waals surface area contributed by atoms with E-state index in [1.807, 2.05) is 12.1 Å². The summed E-state index contributed by atoms with van der Waals surface area (Å²) in [5.74, 6) is -3.42. The van der Waals surface area contributed by atoms with E-state index in [4.69, 9.17) is 9.47 Å². The molecule has 1 saturated heterocycles. The molecule has 0 bridgehead atoms. The molecular weight excluding hydrogens is 448 g/mol. The zero-order valence-electron chi connectivity index (χ0n) is 17.9. The molecule has 0 atom stereocenters. The third-order valence-electron chi connectivity index (χ3n) is 5.35. The maximum absolute atomic E-state index is 12.5. The number of nitrogens with zero attached hydrogens (tertiary/aromatic N) is 3. The molecule has 0 unspecified atom stereocenters. The third kappa shape index (κ3) is 4.71. The fraction of sp³-hybridized carbons (Fsp3) is 0.273. The van der Waals surface area contributed by atoms with Crippen molar-refractivity contribution < 1.29 is 33.6 Å². The molecule has 12 nitrogen and oxygen atoms in total. The van der Waals surface area contributed by atoms with Crippen molar-refractivity contribution >= 4 is 40.8 Å². The monoisotopic (exact) mass is 468 g/mol. The van der Waals surface area contributed by atoms with Gasteiger partial charge >= 0.3 is 5.97 Å². The van der Waals surface area contributed by atoms with Gasteiger partial charge in [0.1, 0.15) is 12.1 Å². The summed E-state index contributed by atoms with van der Waals surface area (Å²) >= 11 is 0. The largest absolute Gasteiger partial charge is 0.454 e. The van der Waals surface area contributed by atoms with E-state index in [1.54, 1.807) is 12.1 Å². The minimum Gasteiger partial charge on any atom is -0.454 e. The topological polar surface area (TPSA) is 148 Å². The number of benzene rings is 2. The van der Waals surface area contributed by atoms with Crippen molar-refractivity contribution in [3.05, 3.63) is 63.7 Å². The van der Waals surface area contributed by atoms with Crippen LogP contribution in [0.15, 0.2) is 42.5 Å². The van der Waals surface area contributed by atoms with E-state index in [1.165, 1.54) is 12.1 Å². The Morgan fingerprint density at radius 3 is 2.44 bits per heavy atom. The van der Waals surface area contributed by atoms with Crippen molar-refractivity contribution in [3.8, 4) is 0 Å². The van der Waals surface area contributed by atoms with Gasteiger partial charge in [0, 0.05) is 30.5 Å². The van der Waals surface area contributed by atoms with E-state index in [-0.39, 0.29) is 11.1 Å². The Morgan fingerprint density at radius 1 is 1.06 bits per heavy atom. The Hall–Kier alpha value is -4.32. The Balaban J connectivity index is 1.29. The molecule has 1 fully saturated rings. The van der Waals surface area contributed by atoms with Gasteiger partial charge in [0.25, 0.3) is 23.4 Å². The van der Waals surface area contributed by atoms with E-state index in [9.17, 15) is 29.3 Å². The van der Waals surface area contributed by atoms with Gasteiger partial charge in [-0.25, -0.2) is 0 Å². The first-order chi connectivity index (χ1) is 16.3. The molecule has 2 aromatic rings. The summed E-state index contributed by atoms with van der Waals surface area (Å²) in [4.78, 5) is 62.3. The van der Waals surface area contributed by atoms with Gasteiger partial charge in [-0.15, -0.1) is 0 Å². The first kappa shape index (κ1) is 22.9. The number of amides is 3. The molecule has 0 aliphatic carbocycles. The summed E-state index contributed by atoms with van der Waals surface area (Å²) < 4.78 is 10.2. The Kier molecular flexibility index (Phi) is 6.50. The molecule has 2 aromatic carbocycles. The molecule has 34 heavy (non-hydrogen) atoms. The highest BCUT2D eigenvalue weighted by atomic mass is 16.6. The SMILES string of the molecule is O=C(COC(=O)CN1C(=O)c2cccc([N+](=O)[O-])c2C1=O)Nc1ccc(N2CCOCC2)cc1. The lowest BCUT2D eigenvalue weighted by Crippen LogP contribution is -2.36. The second kappa shape index (κ2) is 9.67. The highest BCUT2D eigenvalue weighted by molar-refractivity contribution is 6.24. The number of carbonyl (C=O) groups excluding carboxylic acids is 4. The molecule has 0 spiro atoms. The molecule has 0 saturated carbocycles. The number of imide groups is 1. The average Bonchev–Trinajstić information content (AvgIpc) is 3.08. The second-order valence-electron chi connectivity index (χ2n) is 7.51. The number of esters is 1. The number of rotatable bonds is 7. The first-order valence-electron chi connectivity index (χ1n) is 10.4. The number of nitro groups is 1. The van der Waals surface area contributed by atoms with Crippen molar-refractivity contribution in [2.45, 2.75) is 0 Å². The Bertz CT molecular complexity index is 1160. The number of hydrogen-bond donors (Lipinski definition) is 1. The molecular formula is C22H20N4O8. The van der Waals surface area contributed by atoms with Gasteiger partial charge in [0.05, 0.1) is 23.7 Å². The predicted octanol–water partition coefficient (Wildman–Crippen LogP) is 1.21. The highest BCUT2D eigenvalue weighted by Gasteiger charge is 2.42. The van der Waals surface area contributed by atoms with Crippen LogP contribution in [-0.2, 0) is 19.1 Å². The lowest BCUT2D eigenvalue weighted by molar-refractivity contribution is -0.385. The molecule has 176 valence electrons. The number of morpholine rings is 1. The maximum Gasteiger partial charge on any atom is 0.326 e. The van der Waals surface area contributed by atoms with Gasteiger partial charge in [0.15, 0.2) is 6.61 Å². The fourth-order valence-corrected chi connectivity index (χ4v) is 3.71. The van der Waals surface area contributed by atoms with Crippen LogP contribution in [0.25, 0.3) is 0 Å². The third-order valence-corrected chi connectivity index (χ3v) is 5.35. The van der Waals surface area contributed by atoms with Crippen LogP contribution < -0.4 is 10.2 Å². The van der Waals surface area contributed by atoms with E-state index >= 15 is 0 Å². The molecule has 2 aliphatic heterocycles. The Morgan fingerprint density at radius 2 is 1.76 bits per heavy atom. The number of hydrogen-bond acceptors (Lipinski definition) is 9. The van der Waals surface area contributed by atoms with Gasteiger partial charge in [-0.3, -0.25) is 34.2 Å². The van der Waals surface area contributed by atoms with Crippen molar-refractivity contribution in [1.29, 1.82) is 0 Å². The first-order valence-corrected chi connectivity index (χ1v) is 10.4. The average molecular weight is 468 g/mol. The smallest absolute Gasteiger partial charge is 0.326 e. The van der Waals surface area contributed by atoms with Crippen LogP contribution in [0.3, 0.4) is 0 Å². The quantitative estimate of drug-likeness (QED) is 0.274. The van der Waals surface area contributed by atoms with E-state index in [2.05, 4.69) is 10.2 Å². The van der Waals surface area contributed by atoms with Crippen LogP contribution >= 0.6 is 0 Å². The number of carbonyl (C=O) groups is 4. The fourth-order valence-electron chi connectivity index (χ4n) is 3.71. The molecule has 12 heteroatoms. The van der Waals surface area contributed by atoms with Crippen molar-refractivity contribution in [1.82, 2.24) is 4.90 Å². The van der Waals surface area contributed by atoms with Gasteiger partial charge < -0.3 is 19.7 Å². The van der Waals surface area contributed by atoms with Gasteiger partial charge in [0.2, 0.25) is 0 Å². The van der Waals surface area contributed by atoms with Crippen LogP contribution in [0.4, 0.5) is 17.1 Å². The Labute approximate surface area is 193 Å². The molecule has 4 rings (SSSR count). The minimum atomic E-state index is -1.00. The molecule has 0 radical (unpaired) electrons. The number of fused-ring (bicyclic) bond motifs is 1. The number of nitro benzene ring substituents is 1. The van der Waals surface area contributed by atoms with Crippen LogP contribution in [0.5, 0.6) is 0 Å². The highest BCUT2D eigenvalue weighted by Crippen LogP contribution is 2.30. The summed E-state index contributed by atoms with van der Waals surface area (Å²) in [6, 6.07) is 10.8. The van der Waals surface area contributed by atoms with Gasteiger partial charge in [-0.05, 0) is 30.3 Å². The lowest BCUT2D eigenvalue weighted by atomic mass is 10.1. The molecule has 0 aromatic heterocycles. The molecule has 2 aliphatic rings. The predicted molar refractivity (Wildman–Crippen MR) is 118 cm³/mol. The molecule has 2 heterocycles. The van der Waals surface area contributed by atoms with Gasteiger partial charge in [-0.2, -0.15) is 0 Å². The van der Waals surface area contributed by atoms with Crippen LogP contribution in [-0.4, -0.2) is 73.0 Å². The van der Waals surface area contributed by atoms with Crippen LogP contribution in [0.2, 0.25) is 0 Å². The summed E-state index contributed by atoms with van der Waals surface area (Å²) in [6.07, 6.45) is 0. The van der Waals surface area contributed by atoms with Crippen molar-refractivity contribution in [2.24, 2.45) is 0 Å². The van der Waals surface area contributed by atoms with E-state index in [0.717, 1.165) is 24.8 Å². The van der Waals surface area contributed by atoms with Crippen LogP contribution in [0, 0.1) is 10.1 Å². The number of ether oxygens (including phenoxy) is 2. The summed E-state index contributed by atoms with van der Waals surface area (Å²) in [7, 11) is 0. The zero-order chi connectivity index (χ0) is 24.2.